The Morgan fingerprint density at radius 3 is 2.96 bits per heavy atom. The second kappa shape index (κ2) is 7.64. The molecule has 0 radical (unpaired) electrons. The lowest BCUT2D eigenvalue weighted by molar-refractivity contribution is -0.0172. The SMILES string of the molecule is CCNC(=NCCc1cc(F)cc2c1OCOC2)N1CCCC1. The van der Waals surface area contributed by atoms with E-state index in [1.165, 1.54) is 18.9 Å². The second-order valence-electron chi connectivity index (χ2n) is 5.84. The molecule has 1 saturated heterocycles. The van der Waals surface area contributed by atoms with Gasteiger partial charge in [-0.05, 0) is 43.9 Å². The van der Waals surface area contributed by atoms with Gasteiger partial charge in [0.2, 0.25) is 0 Å². The van der Waals surface area contributed by atoms with Crippen LogP contribution >= 0.6 is 0 Å². The normalized spacial score (nSPS) is 17.8. The average molecular weight is 321 g/mol. The van der Waals surface area contributed by atoms with E-state index in [2.05, 4.69) is 17.1 Å². The molecule has 1 aromatic carbocycles. The highest BCUT2D eigenvalue weighted by molar-refractivity contribution is 5.80. The van der Waals surface area contributed by atoms with Crippen molar-refractivity contribution in [3.05, 3.63) is 29.1 Å². The van der Waals surface area contributed by atoms with Gasteiger partial charge in [0.1, 0.15) is 11.6 Å². The topological polar surface area (TPSA) is 46.1 Å². The Morgan fingerprint density at radius 1 is 1.35 bits per heavy atom. The second-order valence-corrected chi connectivity index (χ2v) is 5.84. The smallest absolute Gasteiger partial charge is 0.193 e. The summed E-state index contributed by atoms with van der Waals surface area (Å²) in [7, 11) is 0. The molecular weight excluding hydrogens is 297 g/mol. The van der Waals surface area contributed by atoms with E-state index in [1.54, 1.807) is 6.07 Å². The van der Waals surface area contributed by atoms with Crippen LogP contribution in [0.2, 0.25) is 0 Å². The Hall–Kier alpha value is -1.82. The summed E-state index contributed by atoms with van der Waals surface area (Å²) in [5.41, 5.74) is 1.64. The molecule has 2 aliphatic heterocycles. The molecule has 0 bridgehead atoms. The van der Waals surface area contributed by atoms with E-state index >= 15 is 0 Å². The van der Waals surface area contributed by atoms with Crippen LogP contribution in [0.5, 0.6) is 5.75 Å². The van der Waals surface area contributed by atoms with Gasteiger partial charge in [0.05, 0.1) is 6.61 Å². The van der Waals surface area contributed by atoms with Crippen molar-refractivity contribution in [3.8, 4) is 5.75 Å². The Bertz CT molecular complexity index is 571. The molecule has 0 spiro atoms. The molecule has 0 aromatic heterocycles. The maximum Gasteiger partial charge on any atom is 0.193 e. The molecular formula is C17H24FN3O2. The van der Waals surface area contributed by atoms with E-state index < -0.39 is 0 Å². The van der Waals surface area contributed by atoms with Crippen molar-refractivity contribution in [3.63, 3.8) is 0 Å². The van der Waals surface area contributed by atoms with Crippen LogP contribution in [0, 0.1) is 5.82 Å². The fraction of sp³-hybridized carbons (Fsp3) is 0.588. The number of hydrogen-bond acceptors (Lipinski definition) is 3. The van der Waals surface area contributed by atoms with Crippen LogP contribution in [0.3, 0.4) is 0 Å². The number of halogens is 1. The van der Waals surface area contributed by atoms with Gasteiger partial charge in [-0.1, -0.05) is 0 Å². The van der Waals surface area contributed by atoms with Crippen molar-refractivity contribution >= 4 is 5.96 Å². The largest absolute Gasteiger partial charge is 0.467 e. The first-order valence-corrected chi connectivity index (χ1v) is 8.33. The monoisotopic (exact) mass is 321 g/mol. The lowest BCUT2D eigenvalue weighted by Gasteiger charge is -2.22. The number of likely N-dealkylation sites (tertiary alicyclic amines) is 1. The van der Waals surface area contributed by atoms with E-state index in [9.17, 15) is 4.39 Å². The van der Waals surface area contributed by atoms with Gasteiger partial charge in [-0.15, -0.1) is 0 Å². The Labute approximate surface area is 136 Å². The summed E-state index contributed by atoms with van der Waals surface area (Å²) in [5.74, 6) is 1.47. The predicted octanol–water partition coefficient (Wildman–Crippen LogP) is 2.30. The summed E-state index contributed by atoms with van der Waals surface area (Å²) in [4.78, 5) is 6.98. The lowest BCUT2D eigenvalue weighted by Crippen LogP contribution is -2.39. The van der Waals surface area contributed by atoms with Crippen LogP contribution < -0.4 is 10.1 Å². The van der Waals surface area contributed by atoms with E-state index in [0.717, 1.165) is 42.5 Å². The van der Waals surface area contributed by atoms with E-state index in [1.807, 2.05) is 0 Å². The van der Waals surface area contributed by atoms with Gasteiger partial charge in [0.15, 0.2) is 12.8 Å². The first-order valence-electron chi connectivity index (χ1n) is 8.33. The number of hydrogen-bond donors (Lipinski definition) is 1. The Morgan fingerprint density at radius 2 is 2.17 bits per heavy atom. The van der Waals surface area contributed by atoms with Gasteiger partial charge >= 0.3 is 0 Å². The van der Waals surface area contributed by atoms with Crippen LogP contribution in [-0.2, 0) is 17.8 Å². The third-order valence-electron chi connectivity index (χ3n) is 4.13. The molecule has 2 aliphatic rings. The molecule has 1 N–H and O–H groups in total. The third kappa shape index (κ3) is 3.93. The van der Waals surface area contributed by atoms with Crippen molar-refractivity contribution in [2.45, 2.75) is 32.8 Å². The summed E-state index contributed by atoms with van der Waals surface area (Å²) in [6, 6.07) is 3.03. The van der Waals surface area contributed by atoms with Gasteiger partial charge in [0, 0.05) is 31.7 Å². The number of nitrogens with zero attached hydrogens (tertiary/aromatic N) is 2. The molecule has 23 heavy (non-hydrogen) atoms. The minimum Gasteiger partial charge on any atom is -0.467 e. The zero-order valence-electron chi connectivity index (χ0n) is 13.6. The lowest BCUT2D eigenvalue weighted by atomic mass is 10.1. The van der Waals surface area contributed by atoms with Crippen molar-refractivity contribution in [2.24, 2.45) is 4.99 Å². The maximum absolute atomic E-state index is 13.7. The van der Waals surface area contributed by atoms with E-state index in [-0.39, 0.29) is 12.6 Å². The molecule has 6 heteroatoms. The minimum absolute atomic E-state index is 0.227. The summed E-state index contributed by atoms with van der Waals surface area (Å²) in [5, 5.41) is 3.34. The van der Waals surface area contributed by atoms with Crippen molar-refractivity contribution in [2.75, 3.05) is 33.0 Å². The zero-order valence-corrected chi connectivity index (χ0v) is 13.6. The molecule has 0 amide bonds. The van der Waals surface area contributed by atoms with Gasteiger partial charge in [-0.3, -0.25) is 4.99 Å². The van der Waals surface area contributed by atoms with Gasteiger partial charge < -0.3 is 19.7 Å². The molecule has 0 saturated carbocycles. The molecule has 126 valence electrons. The van der Waals surface area contributed by atoms with Gasteiger partial charge in [-0.25, -0.2) is 4.39 Å². The van der Waals surface area contributed by atoms with E-state index in [4.69, 9.17) is 14.5 Å². The Balaban J connectivity index is 1.69. The third-order valence-corrected chi connectivity index (χ3v) is 4.13. The highest BCUT2D eigenvalue weighted by atomic mass is 19.1. The minimum atomic E-state index is -0.247. The number of guanidine groups is 1. The van der Waals surface area contributed by atoms with Crippen molar-refractivity contribution < 1.29 is 13.9 Å². The highest BCUT2D eigenvalue weighted by Crippen LogP contribution is 2.29. The highest BCUT2D eigenvalue weighted by Gasteiger charge is 2.18. The fourth-order valence-corrected chi connectivity index (χ4v) is 3.08. The number of ether oxygens (including phenoxy) is 2. The molecule has 1 aromatic rings. The van der Waals surface area contributed by atoms with E-state index in [0.29, 0.717) is 19.6 Å². The first-order chi connectivity index (χ1) is 11.3. The molecule has 1 fully saturated rings. The summed E-state index contributed by atoms with van der Waals surface area (Å²) < 4.78 is 24.5. The molecule has 0 unspecified atom stereocenters. The molecule has 3 rings (SSSR count). The quantitative estimate of drug-likeness (QED) is 0.683. The zero-order chi connectivity index (χ0) is 16.1. The summed E-state index contributed by atoms with van der Waals surface area (Å²) >= 11 is 0. The van der Waals surface area contributed by atoms with Crippen molar-refractivity contribution in [1.82, 2.24) is 10.2 Å². The first kappa shape index (κ1) is 16.1. The van der Waals surface area contributed by atoms with Crippen LogP contribution in [0.25, 0.3) is 0 Å². The van der Waals surface area contributed by atoms with Crippen LogP contribution in [-0.4, -0.2) is 43.8 Å². The number of nitrogens with one attached hydrogen (secondary N) is 1. The number of fused-ring (bicyclic) bond motifs is 1. The molecule has 0 aliphatic carbocycles. The summed E-state index contributed by atoms with van der Waals surface area (Å²) in [6.45, 7) is 6.28. The molecule has 5 nitrogen and oxygen atoms in total. The molecule has 0 atom stereocenters. The van der Waals surface area contributed by atoms with Crippen LogP contribution in [0.1, 0.15) is 30.9 Å². The summed E-state index contributed by atoms with van der Waals surface area (Å²) in [6.07, 6.45) is 3.09. The van der Waals surface area contributed by atoms with Gasteiger partial charge in [0.25, 0.3) is 0 Å². The fourth-order valence-electron chi connectivity index (χ4n) is 3.08. The Kier molecular flexibility index (Phi) is 5.33. The number of benzene rings is 1. The van der Waals surface area contributed by atoms with Crippen LogP contribution in [0.4, 0.5) is 4.39 Å². The maximum atomic E-state index is 13.7. The number of rotatable bonds is 4. The molecule has 2 heterocycles. The van der Waals surface area contributed by atoms with Crippen molar-refractivity contribution in [1.29, 1.82) is 0 Å². The average Bonchev–Trinajstić information content (AvgIpc) is 3.08. The number of aliphatic imine (C=N–C) groups is 1. The standard InChI is InChI=1S/C17H24FN3O2/c1-2-19-17(21-7-3-4-8-21)20-6-5-13-9-15(18)10-14-11-22-12-23-16(13)14/h9-10H,2-8,11-12H2,1H3,(H,19,20). The van der Waals surface area contributed by atoms with Gasteiger partial charge in [-0.2, -0.15) is 0 Å². The van der Waals surface area contributed by atoms with Crippen LogP contribution in [0.15, 0.2) is 17.1 Å². The predicted molar refractivity (Wildman–Crippen MR) is 87.2 cm³/mol.